The van der Waals surface area contributed by atoms with Crippen molar-refractivity contribution in [2.24, 2.45) is 0 Å². The largest absolute Gasteiger partial charge is 0.261 e. The van der Waals surface area contributed by atoms with Crippen LogP contribution in [0.15, 0.2) is 6.07 Å². The third-order valence-corrected chi connectivity index (χ3v) is 1.86. The highest BCUT2D eigenvalue weighted by Crippen LogP contribution is 2.07. The molecule has 0 spiro atoms. The van der Waals surface area contributed by atoms with Gasteiger partial charge in [0.05, 0.1) is 0 Å². The summed E-state index contributed by atoms with van der Waals surface area (Å²) in [6, 6.07) is 1.96. The summed E-state index contributed by atoms with van der Waals surface area (Å²) in [5.74, 6) is 0.401. The number of rotatable bonds is 4. The Bertz CT molecular complexity index is 340. The molecule has 14 heavy (non-hydrogen) atoms. The van der Waals surface area contributed by atoms with E-state index in [0.717, 1.165) is 30.7 Å². The molecule has 0 atom stereocenters. The first-order chi connectivity index (χ1) is 6.76. The van der Waals surface area contributed by atoms with E-state index in [1.54, 1.807) is 0 Å². The number of nitrogens with one attached hydrogen (secondary N) is 1. The second-order valence-electron chi connectivity index (χ2n) is 3.16. The van der Waals surface area contributed by atoms with Crippen LogP contribution in [0.3, 0.4) is 0 Å². The van der Waals surface area contributed by atoms with Gasteiger partial charge in [0.2, 0.25) is 5.95 Å². The Kier molecular flexibility index (Phi) is 3.86. The Morgan fingerprint density at radius 1 is 1.50 bits per heavy atom. The molecule has 0 saturated heterocycles. The molecule has 0 unspecified atom stereocenters. The molecule has 1 N–H and O–H groups in total. The Balaban J connectivity index is 2.79. The average Bonchev–Trinajstić information content (AvgIpc) is 2.14. The molecule has 4 nitrogen and oxygen atoms in total. The molecule has 1 aromatic heterocycles. The van der Waals surface area contributed by atoms with Crippen LogP contribution in [-0.2, 0) is 6.42 Å². The van der Waals surface area contributed by atoms with Gasteiger partial charge in [0, 0.05) is 11.4 Å². The van der Waals surface area contributed by atoms with Gasteiger partial charge in [-0.05, 0) is 25.8 Å². The third-order valence-electron chi connectivity index (χ3n) is 1.86. The summed E-state index contributed by atoms with van der Waals surface area (Å²) in [7, 11) is 0. The van der Waals surface area contributed by atoms with Gasteiger partial charge in [-0.2, -0.15) is 5.26 Å². The molecule has 0 amide bonds. The summed E-state index contributed by atoms with van der Waals surface area (Å²) >= 11 is 0. The van der Waals surface area contributed by atoms with Crippen molar-refractivity contribution >= 4 is 5.95 Å². The molecule has 0 fully saturated rings. The van der Waals surface area contributed by atoms with Gasteiger partial charge in [0.1, 0.15) is 0 Å². The predicted octanol–water partition coefficient (Wildman–Crippen LogP) is 2.02. The van der Waals surface area contributed by atoms with Crippen LogP contribution in [0.1, 0.15) is 31.2 Å². The molecular formula is C10H14N4. The van der Waals surface area contributed by atoms with E-state index in [4.69, 9.17) is 5.26 Å². The van der Waals surface area contributed by atoms with Gasteiger partial charge in [-0.3, -0.25) is 5.32 Å². The lowest BCUT2D eigenvalue weighted by Gasteiger charge is -2.03. The number of unbranched alkanes of at least 4 members (excludes halogenated alkanes) is 1. The van der Waals surface area contributed by atoms with Gasteiger partial charge in [0.15, 0.2) is 6.19 Å². The molecule has 0 radical (unpaired) electrons. The lowest BCUT2D eigenvalue weighted by molar-refractivity contribution is 0.772. The second-order valence-corrected chi connectivity index (χ2v) is 3.16. The number of hydrogen-bond acceptors (Lipinski definition) is 4. The van der Waals surface area contributed by atoms with Crippen molar-refractivity contribution in [1.29, 1.82) is 5.26 Å². The number of aromatic nitrogens is 2. The highest BCUT2D eigenvalue weighted by molar-refractivity contribution is 5.32. The van der Waals surface area contributed by atoms with E-state index in [9.17, 15) is 0 Å². The van der Waals surface area contributed by atoms with E-state index in [0.29, 0.717) is 5.95 Å². The fraction of sp³-hybridized carbons (Fsp3) is 0.500. The van der Waals surface area contributed by atoms with Gasteiger partial charge < -0.3 is 0 Å². The highest BCUT2D eigenvalue weighted by atomic mass is 15.1. The zero-order valence-corrected chi connectivity index (χ0v) is 8.54. The average molecular weight is 190 g/mol. The SMILES string of the molecule is CCCCc1cc(C)nc(NC#N)n1. The first-order valence-electron chi connectivity index (χ1n) is 4.76. The lowest BCUT2D eigenvalue weighted by Crippen LogP contribution is -2.01. The summed E-state index contributed by atoms with van der Waals surface area (Å²) in [6.45, 7) is 4.04. The normalized spacial score (nSPS) is 9.50. The van der Waals surface area contributed by atoms with Gasteiger partial charge >= 0.3 is 0 Å². The van der Waals surface area contributed by atoms with Gasteiger partial charge in [-0.25, -0.2) is 9.97 Å². The number of anilines is 1. The standard InChI is InChI=1S/C10H14N4/c1-3-4-5-9-6-8(2)13-10(14-9)12-7-11/h6H,3-5H2,1-2H3,(H,12,13,14). The smallest absolute Gasteiger partial charge is 0.236 e. The van der Waals surface area contributed by atoms with E-state index in [1.165, 1.54) is 0 Å². The first kappa shape index (κ1) is 10.5. The van der Waals surface area contributed by atoms with Crippen molar-refractivity contribution < 1.29 is 0 Å². The fourth-order valence-electron chi connectivity index (χ4n) is 1.23. The number of aryl methyl sites for hydroxylation is 2. The van der Waals surface area contributed by atoms with E-state index in [-0.39, 0.29) is 0 Å². The second kappa shape index (κ2) is 5.18. The van der Waals surface area contributed by atoms with Crippen molar-refractivity contribution in [1.82, 2.24) is 9.97 Å². The molecule has 0 aliphatic carbocycles. The molecule has 4 heteroatoms. The van der Waals surface area contributed by atoms with Crippen LogP contribution in [0.5, 0.6) is 0 Å². The highest BCUT2D eigenvalue weighted by Gasteiger charge is 2.00. The number of nitriles is 1. The Morgan fingerprint density at radius 3 is 2.93 bits per heavy atom. The summed E-state index contributed by atoms with van der Waals surface area (Å²) in [6.07, 6.45) is 5.02. The third kappa shape index (κ3) is 3.02. The maximum Gasteiger partial charge on any atom is 0.236 e. The van der Waals surface area contributed by atoms with Crippen molar-refractivity contribution in [2.75, 3.05) is 5.32 Å². The van der Waals surface area contributed by atoms with Crippen LogP contribution in [0.4, 0.5) is 5.95 Å². The lowest BCUT2D eigenvalue weighted by atomic mass is 10.2. The summed E-state index contributed by atoms with van der Waals surface area (Å²) in [5, 5.41) is 10.9. The number of hydrogen-bond donors (Lipinski definition) is 1. The molecule has 74 valence electrons. The molecule has 0 bridgehead atoms. The van der Waals surface area contributed by atoms with Crippen LogP contribution < -0.4 is 5.32 Å². The molecule has 1 aromatic rings. The molecule has 1 heterocycles. The first-order valence-corrected chi connectivity index (χ1v) is 4.76. The minimum Gasteiger partial charge on any atom is -0.261 e. The monoisotopic (exact) mass is 190 g/mol. The van der Waals surface area contributed by atoms with Crippen molar-refractivity contribution in [3.63, 3.8) is 0 Å². The Hall–Kier alpha value is -1.63. The van der Waals surface area contributed by atoms with Gasteiger partial charge in [0.25, 0.3) is 0 Å². The maximum absolute atomic E-state index is 8.44. The fourth-order valence-corrected chi connectivity index (χ4v) is 1.23. The van der Waals surface area contributed by atoms with Gasteiger partial charge in [-0.15, -0.1) is 0 Å². The molecule has 0 saturated carbocycles. The van der Waals surface area contributed by atoms with E-state index < -0.39 is 0 Å². The van der Waals surface area contributed by atoms with Crippen LogP contribution in [-0.4, -0.2) is 9.97 Å². The molecule has 0 aliphatic rings. The van der Waals surface area contributed by atoms with Crippen molar-refractivity contribution in [2.45, 2.75) is 33.1 Å². The molecule has 0 aromatic carbocycles. The Morgan fingerprint density at radius 2 is 2.29 bits per heavy atom. The Labute approximate surface area is 84.0 Å². The molecule has 0 aliphatic heterocycles. The number of nitrogens with zero attached hydrogens (tertiary/aromatic N) is 3. The van der Waals surface area contributed by atoms with Crippen LogP contribution in [0.2, 0.25) is 0 Å². The van der Waals surface area contributed by atoms with Crippen LogP contribution in [0.25, 0.3) is 0 Å². The predicted molar refractivity (Wildman–Crippen MR) is 54.6 cm³/mol. The molecule has 1 rings (SSSR count). The van der Waals surface area contributed by atoms with Crippen molar-refractivity contribution in [3.8, 4) is 6.19 Å². The van der Waals surface area contributed by atoms with E-state index in [2.05, 4.69) is 22.2 Å². The van der Waals surface area contributed by atoms with Crippen molar-refractivity contribution in [3.05, 3.63) is 17.5 Å². The minimum atomic E-state index is 0.401. The zero-order chi connectivity index (χ0) is 10.4. The van der Waals surface area contributed by atoms with Crippen LogP contribution >= 0.6 is 0 Å². The summed E-state index contributed by atoms with van der Waals surface area (Å²) < 4.78 is 0. The van der Waals surface area contributed by atoms with Gasteiger partial charge in [-0.1, -0.05) is 13.3 Å². The van der Waals surface area contributed by atoms with E-state index in [1.807, 2.05) is 19.2 Å². The quantitative estimate of drug-likeness (QED) is 0.582. The summed E-state index contributed by atoms with van der Waals surface area (Å²) in [5.41, 5.74) is 1.89. The molecular weight excluding hydrogens is 176 g/mol. The topological polar surface area (TPSA) is 61.6 Å². The summed E-state index contributed by atoms with van der Waals surface area (Å²) in [4.78, 5) is 8.30. The minimum absolute atomic E-state index is 0.401. The zero-order valence-electron chi connectivity index (χ0n) is 8.54. The van der Waals surface area contributed by atoms with E-state index >= 15 is 0 Å². The van der Waals surface area contributed by atoms with Crippen LogP contribution in [0, 0.1) is 18.4 Å². The maximum atomic E-state index is 8.44.